The summed E-state index contributed by atoms with van der Waals surface area (Å²) < 4.78 is 6.77. The van der Waals surface area contributed by atoms with Crippen LogP contribution in [0.1, 0.15) is 11.1 Å². The van der Waals surface area contributed by atoms with Crippen molar-refractivity contribution in [3.8, 4) is 11.5 Å². The van der Waals surface area contributed by atoms with E-state index in [2.05, 4.69) is 28.9 Å². The summed E-state index contributed by atoms with van der Waals surface area (Å²) in [5.74, 6) is 1.51. The second kappa shape index (κ2) is 4.80. The highest BCUT2D eigenvalue weighted by atomic mass is 79.9. The summed E-state index contributed by atoms with van der Waals surface area (Å²) in [5.41, 5.74) is 8.82. The Labute approximate surface area is 110 Å². The third-order valence-electron chi connectivity index (χ3n) is 2.53. The molecule has 0 saturated heterocycles. The van der Waals surface area contributed by atoms with Gasteiger partial charge in [0.15, 0.2) is 5.75 Å². The number of halogens is 1. The van der Waals surface area contributed by atoms with Gasteiger partial charge in [-0.05, 0) is 43.7 Å². The summed E-state index contributed by atoms with van der Waals surface area (Å²) in [6.07, 6.45) is 0. The Hall–Kier alpha value is -1.48. The van der Waals surface area contributed by atoms with Gasteiger partial charge in [0, 0.05) is 4.47 Å². The number of nitrogens with two attached hydrogens (primary N) is 1. The smallest absolute Gasteiger partial charge is 0.151 e. The first-order valence-corrected chi connectivity index (χ1v) is 6.15. The van der Waals surface area contributed by atoms with Crippen LogP contribution < -0.4 is 10.5 Å². The van der Waals surface area contributed by atoms with E-state index in [1.165, 1.54) is 5.56 Å². The van der Waals surface area contributed by atoms with Crippen molar-refractivity contribution < 1.29 is 4.74 Å². The minimum atomic E-state index is 0.633. The van der Waals surface area contributed by atoms with Crippen molar-refractivity contribution >= 4 is 21.6 Å². The molecule has 2 rings (SSSR count). The van der Waals surface area contributed by atoms with Gasteiger partial charge in [-0.1, -0.05) is 33.6 Å². The second-order valence-electron chi connectivity index (χ2n) is 4.05. The number of rotatable bonds is 2. The number of anilines is 1. The van der Waals surface area contributed by atoms with Crippen LogP contribution in [0.15, 0.2) is 40.9 Å². The molecule has 0 spiro atoms. The zero-order valence-electron chi connectivity index (χ0n) is 9.83. The van der Waals surface area contributed by atoms with Gasteiger partial charge in [-0.3, -0.25) is 0 Å². The van der Waals surface area contributed by atoms with Gasteiger partial charge < -0.3 is 10.5 Å². The van der Waals surface area contributed by atoms with Crippen LogP contribution in [-0.4, -0.2) is 0 Å². The summed E-state index contributed by atoms with van der Waals surface area (Å²) in [6.45, 7) is 4.08. The van der Waals surface area contributed by atoms with Crippen LogP contribution in [0.5, 0.6) is 11.5 Å². The van der Waals surface area contributed by atoms with E-state index in [0.29, 0.717) is 11.4 Å². The van der Waals surface area contributed by atoms with Crippen LogP contribution in [-0.2, 0) is 0 Å². The van der Waals surface area contributed by atoms with Crippen LogP contribution in [0.4, 0.5) is 5.69 Å². The molecule has 0 saturated carbocycles. The first-order chi connectivity index (χ1) is 8.06. The molecule has 0 amide bonds. The molecule has 0 aliphatic carbocycles. The van der Waals surface area contributed by atoms with Gasteiger partial charge >= 0.3 is 0 Å². The highest BCUT2D eigenvalue weighted by Gasteiger charge is 2.05. The third-order valence-corrected chi connectivity index (χ3v) is 3.02. The molecular weight excluding hydrogens is 278 g/mol. The molecule has 0 aliphatic rings. The van der Waals surface area contributed by atoms with Gasteiger partial charge in [0.25, 0.3) is 0 Å². The zero-order valence-corrected chi connectivity index (χ0v) is 11.4. The Morgan fingerprint density at radius 3 is 2.47 bits per heavy atom. The van der Waals surface area contributed by atoms with E-state index in [-0.39, 0.29) is 0 Å². The van der Waals surface area contributed by atoms with Gasteiger partial charge in [0.05, 0.1) is 5.69 Å². The topological polar surface area (TPSA) is 35.2 Å². The highest BCUT2D eigenvalue weighted by Crippen LogP contribution is 2.32. The molecule has 17 heavy (non-hydrogen) atoms. The average Bonchev–Trinajstić information content (AvgIpc) is 2.27. The fourth-order valence-electron chi connectivity index (χ4n) is 1.63. The Balaban J connectivity index is 2.34. The van der Waals surface area contributed by atoms with Crippen molar-refractivity contribution in [2.75, 3.05) is 5.73 Å². The molecule has 2 aromatic rings. The van der Waals surface area contributed by atoms with Crippen molar-refractivity contribution in [3.63, 3.8) is 0 Å². The maximum absolute atomic E-state index is 5.87. The lowest BCUT2D eigenvalue weighted by molar-refractivity contribution is 0.481. The normalized spacial score (nSPS) is 10.3. The second-order valence-corrected chi connectivity index (χ2v) is 4.97. The standard InChI is InChI=1S/C14H14BrNO/c1-9-3-6-13(10(2)7-9)17-14-8-11(15)4-5-12(14)16/h3-8H,16H2,1-2H3. The van der Waals surface area contributed by atoms with Crippen LogP contribution in [0.25, 0.3) is 0 Å². The van der Waals surface area contributed by atoms with Crippen molar-refractivity contribution in [1.82, 2.24) is 0 Å². The molecule has 0 unspecified atom stereocenters. The van der Waals surface area contributed by atoms with E-state index in [4.69, 9.17) is 10.5 Å². The largest absolute Gasteiger partial charge is 0.455 e. The summed E-state index contributed by atoms with van der Waals surface area (Å²) in [7, 11) is 0. The molecule has 0 bridgehead atoms. The number of aryl methyl sites for hydroxylation is 2. The van der Waals surface area contributed by atoms with Gasteiger partial charge in [-0.2, -0.15) is 0 Å². The highest BCUT2D eigenvalue weighted by molar-refractivity contribution is 9.10. The maximum Gasteiger partial charge on any atom is 0.151 e. The summed E-state index contributed by atoms with van der Waals surface area (Å²) in [5, 5.41) is 0. The molecule has 0 atom stereocenters. The molecule has 3 heteroatoms. The lowest BCUT2D eigenvalue weighted by atomic mass is 10.1. The average molecular weight is 292 g/mol. The zero-order chi connectivity index (χ0) is 12.4. The minimum absolute atomic E-state index is 0.633. The fraction of sp³-hybridized carbons (Fsp3) is 0.143. The lowest BCUT2D eigenvalue weighted by Crippen LogP contribution is -1.93. The van der Waals surface area contributed by atoms with Gasteiger partial charge in [-0.25, -0.2) is 0 Å². The Bertz CT molecular complexity index is 552. The molecule has 2 nitrogen and oxygen atoms in total. The number of hydrogen-bond donors (Lipinski definition) is 1. The van der Waals surface area contributed by atoms with E-state index < -0.39 is 0 Å². The van der Waals surface area contributed by atoms with Crippen LogP contribution >= 0.6 is 15.9 Å². The van der Waals surface area contributed by atoms with Crippen molar-refractivity contribution in [1.29, 1.82) is 0 Å². The van der Waals surface area contributed by atoms with E-state index in [1.54, 1.807) is 0 Å². The minimum Gasteiger partial charge on any atom is -0.455 e. The van der Waals surface area contributed by atoms with E-state index in [9.17, 15) is 0 Å². The van der Waals surface area contributed by atoms with Crippen LogP contribution in [0, 0.1) is 13.8 Å². The molecular formula is C14H14BrNO. The Morgan fingerprint density at radius 1 is 1.00 bits per heavy atom. The van der Waals surface area contributed by atoms with Crippen LogP contribution in [0.3, 0.4) is 0 Å². The van der Waals surface area contributed by atoms with Crippen molar-refractivity contribution in [2.24, 2.45) is 0 Å². The molecule has 0 heterocycles. The molecule has 0 aromatic heterocycles. The molecule has 2 aromatic carbocycles. The SMILES string of the molecule is Cc1ccc(Oc2cc(Br)ccc2N)c(C)c1. The number of ether oxygens (including phenoxy) is 1. The number of nitrogen functional groups attached to an aromatic ring is 1. The number of benzene rings is 2. The van der Waals surface area contributed by atoms with Crippen LogP contribution in [0.2, 0.25) is 0 Å². The lowest BCUT2D eigenvalue weighted by Gasteiger charge is -2.11. The van der Waals surface area contributed by atoms with E-state index in [1.807, 2.05) is 37.3 Å². The van der Waals surface area contributed by atoms with Gasteiger partial charge in [0.2, 0.25) is 0 Å². The fourth-order valence-corrected chi connectivity index (χ4v) is 1.97. The van der Waals surface area contributed by atoms with E-state index in [0.717, 1.165) is 15.8 Å². The molecule has 0 radical (unpaired) electrons. The third kappa shape index (κ3) is 2.80. The monoisotopic (exact) mass is 291 g/mol. The van der Waals surface area contributed by atoms with Crippen molar-refractivity contribution in [3.05, 3.63) is 52.0 Å². The van der Waals surface area contributed by atoms with Gasteiger partial charge in [0.1, 0.15) is 5.75 Å². The van der Waals surface area contributed by atoms with Crippen molar-refractivity contribution in [2.45, 2.75) is 13.8 Å². The molecule has 2 N–H and O–H groups in total. The predicted molar refractivity (Wildman–Crippen MR) is 74.5 cm³/mol. The Morgan fingerprint density at radius 2 is 1.76 bits per heavy atom. The predicted octanol–water partition coefficient (Wildman–Crippen LogP) is 4.44. The Kier molecular flexibility index (Phi) is 3.38. The first-order valence-electron chi connectivity index (χ1n) is 5.36. The summed E-state index contributed by atoms with van der Waals surface area (Å²) in [6, 6.07) is 11.7. The maximum atomic E-state index is 5.87. The summed E-state index contributed by atoms with van der Waals surface area (Å²) >= 11 is 3.40. The molecule has 88 valence electrons. The molecule has 0 aliphatic heterocycles. The first kappa shape index (κ1) is 12.0. The number of hydrogen-bond acceptors (Lipinski definition) is 2. The van der Waals surface area contributed by atoms with Gasteiger partial charge in [-0.15, -0.1) is 0 Å². The van der Waals surface area contributed by atoms with E-state index >= 15 is 0 Å². The molecule has 0 fully saturated rings. The summed E-state index contributed by atoms with van der Waals surface area (Å²) in [4.78, 5) is 0. The quantitative estimate of drug-likeness (QED) is 0.830.